The van der Waals surface area contributed by atoms with Crippen LogP contribution in [0.1, 0.15) is 59.8 Å². The fourth-order valence-corrected chi connectivity index (χ4v) is 5.33. The van der Waals surface area contributed by atoms with Crippen molar-refractivity contribution in [3.63, 3.8) is 0 Å². The molecule has 0 radical (unpaired) electrons. The molecule has 1 aliphatic carbocycles. The van der Waals surface area contributed by atoms with Crippen molar-refractivity contribution in [1.82, 2.24) is 14.7 Å². The van der Waals surface area contributed by atoms with Crippen molar-refractivity contribution < 1.29 is 14.3 Å². The van der Waals surface area contributed by atoms with Gasteiger partial charge in [-0.15, -0.1) is 0 Å². The molecule has 0 unspecified atom stereocenters. The summed E-state index contributed by atoms with van der Waals surface area (Å²) in [6.45, 7) is 13.1. The highest BCUT2D eigenvalue weighted by atomic mass is 16.6. The Bertz CT molecular complexity index is 537. The van der Waals surface area contributed by atoms with Crippen LogP contribution >= 0.6 is 0 Å². The van der Waals surface area contributed by atoms with E-state index in [2.05, 4.69) is 23.6 Å². The summed E-state index contributed by atoms with van der Waals surface area (Å²) in [6, 6.07) is 1.06. The van der Waals surface area contributed by atoms with Crippen LogP contribution in [0.2, 0.25) is 0 Å². The second kappa shape index (κ2) is 8.38. The Labute approximate surface area is 164 Å². The van der Waals surface area contributed by atoms with Gasteiger partial charge in [-0.25, -0.2) is 4.79 Å². The van der Waals surface area contributed by atoms with Gasteiger partial charge in [0.05, 0.1) is 6.61 Å². The van der Waals surface area contributed by atoms with E-state index in [4.69, 9.17) is 4.74 Å². The number of piperidine rings is 1. The molecular weight excluding hydrogens is 342 g/mol. The number of ether oxygens (including phenoxy) is 1. The van der Waals surface area contributed by atoms with Crippen LogP contribution in [-0.2, 0) is 9.53 Å². The maximum absolute atomic E-state index is 12.0. The minimum absolute atomic E-state index is 0.145. The van der Waals surface area contributed by atoms with Gasteiger partial charge in [-0.05, 0) is 50.4 Å². The van der Waals surface area contributed by atoms with E-state index in [1.807, 2.05) is 11.8 Å². The molecule has 27 heavy (non-hydrogen) atoms. The number of likely N-dealkylation sites (tertiary alicyclic amines) is 2. The second-order valence-electron chi connectivity index (χ2n) is 9.26. The SMILES string of the molecule is CCOC(=O)N1CCC2(CC(N3CCC(N(CC(C)C)C(C)=O)CC3)C2)C1. The Morgan fingerprint density at radius 3 is 2.41 bits per heavy atom. The number of hydrogen-bond acceptors (Lipinski definition) is 4. The van der Waals surface area contributed by atoms with E-state index in [-0.39, 0.29) is 12.0 Å². The third kappa shape index (κ3) is 4.58. The molecule has 1 spiro atoms. The van der Waals surface area contributed by atoms with Gasteiger partial charge in [0.1, 0.15) is 0 Å². The maximum atomic E-state index is 12.0. The zero-order chi connectivity index (χ0) is 19.6. The topological polar surface area (TPSA) is 53.1 Å². The fraction of sp³-hybridized carbons (Fsp3) is 0.905. The van der Waals surface area contributed by atoms with E-state index < -0.39 is 0 Å². The molecule has 2 heterocycles. The van der Waals surface area contributed by atoms with Gasteiger partial charge in [-0.2, -0.15) is 0 Å². The quantitative estimate of drug-likeness (QED) is 0.737. The summed E-state index contributed by atoms with van der Waals surface area (Å²) >= 11 is 0. The fourth-order valence-electron chi connectivity index (χ4n) is 5.33. The number of nitrogens with zero attached hydrogens (tertiary/aromatic N) is 3. The van der Waals surface area contributed by atoms with Crippen LogP contribution in [-0.4, -0.2) is 78.1 Å². The predicted octanol–water partition coefficient (Wildman–Crippen LogP) is 2.97. The first-order chi connectivity index (χ1) is 12.8. The van der Waals surface area contributed by atoms with Crippen molar-refractivity contribution in [2.75, 3.05) is 39.3 Å². The van der Waals surface area contributed by atoms with Gasteiger partial charge in [-0.1, -0.05) is 13.8 Å². The lowest BCUT2D eigenvalue weighted by Crippen LogP contribution is -2.56. The Morgan fingerprint density at radius 2 is 1.85 bits per heavy atom. The van der Waals surface area contributed by atoms with Gasteiger partial charge in [0.2, 0.25) is 5.91 Å². The lowest BCUT2D eigenvalue weighted by atomic mass is 9.64. The third-order valence-corrected chi connectivity index (χ3v) is 6.72. The van der Waals surface area contributed by atoms with Crippen molar-refractivity contribution in [3.05, 3.63) is 0 Å². The monoisotopic (exact) mass is 379 g/mol. The van der Waals surface area contributed by atoms with Crippen LogP contribution in [0.15, 0.2) is 0 Å². The molecule has 0 aromatic heterocycles. The zero-order valence-corrected chi connectivity index (χ0v) is 17.6. The lowest BCUT2D eigenvalue weighted by Gasteiger charge is -2.52. The molecule has 2 aliphatic heterocycles. The summed E-state index contributed by atoms with van der Waals surface area (Å²) in [5.74, 6) is 0.734. The molecule has 0 aromatic rings. The normalized spacial score (nSPS) is 29.2. The molecule has 0 bridgehead atoms. The van der Waals surface area contributed by atoms with Crippen molar-refractivity contribution in [1.29, 1.82) is 0 Å². The molecule has 3 rings (SSSR count). The van der Waals surface area contributed by atoms with Crippen molar-refractivity contribution in [2.45, 2.75) is 71.9 Å². The smallest absolute Gasteiger partial charge is 0.409 e. The first-order valence-corrected chi connectivity index (χ1v) is 10.8. The van der Waals surface area contributed by atoms with Crippen LogP contribution in [0.4, 0.5) is 4.79 Å². The summed E-state index contributed by atoms with van der Waals surface area (Å²) in [5, 5.41) is 0. The van der Waals surface area contributed by atoms with E-state index in [0.717, 1.165) is 52.0 Å². The Morgan fingerprint density at radius 1 is 1.19 bits per heavy atom. The molecule has 0 aromatic carbocycles. The Kier molecular flexibility index (Phi) is 6.34. The average molecular weight is 380 g/mol. The summed E-state index contributed by atoms with van der Waals surface area (Å²) in [7, 11) is 0. The second-order valence-corrected chi connectivity index (χ2v) is 9.26. The highest BCUT2D eigenvalue weighted by molar-refractivity contribution is 5.73. The van der Waals surface area contributed by atoms with E-state index in [1.54, 1.807) is 6.92 Å². The van der Waals surface area contributed by atoms with Gasteiger partial charge in [0, 0.05) is 51.7 Å². The third-order valence-electron chi connectivity index (χ3n) is 6.72. The summed E-state index contributed by atoms with van der Waals surface area (Å²) in [5.41, 5.74) is 0.331. The number of amides is 2. The molecular formula is C21H37N3O3. The summed E-state index contributed by atoms with van der Waals surface area (Å²) in [6.07, 6.45) is 5.56. The standard InChI is InChI=1S/C21H37N3O3/c1-5-27-20(26)23-11-8-21(15-23)12-19(13-21)22-9-6-18(7-10-22)24(17(4)25)14-16(2)3/h16,18-19H,5-15H2,1-4H3. The van der Waals surface area contributed by atoms with E-state index in [1.165, 1.54) is 12.8 Å². The van der Waals surface area contributed by atoms with Crippen molar-refractivity contribution >= 4 is 12.0 Å². The molecule has 6 heteroatoms. The van der Waals surface area contributed by atoms with Crippen LogP contribution in [0.3, 0.4) is 0 Å². The highest BCUT2D eigenvalue weighted by Crippen LogP contribution is 2.50. The number of carbonyl (C=O) groups excluding carboxylic acids is 2. The maximum Gasteiger partial charge on any atom is 0.409 e. The minimum atomic E-state index is -0.145. The molecule has 3 fully saturated rings. The Hall–Kier alpha value is -1.30. The first kappa shape index (κ1) is 20.4. The van der Waals surface area contributed by atoms with Gasteiger partial charge in [0.15, 0.2) is 0 Å². The molecule has 6 nitrogen and oxygen atoms in total. The van der Waals surface area contributed by atoms with Gasteiger partial charge in [0.25, 0.3) is 0 Å². The highest BCUT2D eigenvalue weighted by Gasteiger charge is 2.51. The van der Waals surface area contributed by atoms with Crippen molar-refractivity contribution in [3.8, 4) is 0 Å². The average Bonchev–Trinajstić information content (AvgIpc) is 3.04. The number of carbonyl (C=O) groups is 2. The van der Waals surface area contributed by atoms with E-state index in [9.17, 15) is 9.59 Å². The van der Waals surface area contributed by atoms with Crippen LogP contribution in [0.25, 0.3) is 0 Å². The van der Waals surface area contributed by atoms with Gasteiger partial charge in [-0.3, -0.25) is 4.79 Å². The molecule has 2 saturated heterocycles. The largest absolute Gasteiger partial charge is 0.450 e. The number of hydrogen-bond donors (Lipinski definition) is 0. The Balaban J connectivity index is 1.44. The minimum Gasteiger partial charge on any atom is -0.450 e. The molecule has 154 valence electrons. The number of rotatable bonds is 5. The van der Waals surface area contributed by atoms with Crippen LogP contribution in [0, 0.1) is 11.3 Å². The van der Waals surface area contributed by atoms with E-state index >= 15 is 0 Å². The molecule has 0 N–H and O–H groups in total. The van der Waals surface area contributed by atoms with E-state index in [0.29, 0.717) is 30.0 Å². The predicted molar refractivity (Wildman–Crippen MR) is 105 cm³/mol. The summed E-state index contributed by atoms with van der Waals surface area (Å²) in [4.78, 5) is 30.6. The zero-order valence-electron chi connectivity index (χ0n) is 17.6. The molecule has 1 saturated carbocycles. The van der Waals surface area contributed by atoms with Gasteiger partial charge >= 0.3 is 6.09 Å². The van der Waals surface area contributed by atoms with Crippen LogP contribution < -0.4 is 0 Å². The molecule has 2 amide bonds. The van der Waals surface area contributed by atoms with Crippen molar-refractivity contribution in [2.24, 2.45) is 11.3 Å². The first-order valence-electron chi connectivity index (χ1n) is 10.8. The molecule has 0 atom stereocenters. The molecule has 3 aliphatic rings. The van der Waals surface area contributed by atoms with Gasteiger partial charge < -0.3 is 19.4 Å². The lowest BCUT2D eigenvalue weighted by molar-refractivity contribution is -0.133. The van der Waals surface area contributed by atoms with Crippen LogP contribution in [0.5, 0.6) is 0 Å². The summed E-state index contributed by atoms with van der Waals surface area (Å²) < 4.78 is 5.16.